The summed E-state index contributed by atoms with van der Waals surface area (Å²) in [5, 5.41) is 9.94. The molecular formula is C14H17NO. The van der Waals surface area contributed by atoms with Crippen LogP contribution in [-0.2, 0) is 0 Å². The van der Waals surface area contributed by atoms with Crippen LogP contribution in [0, 0.1) is 0 Å². The van der Waals surface area contributed by atoms with Crippen molar-refractivity contribution in [2.24, 2.45) is 5.73 Å². The normalized spacial score (nSPS) is 13.2. The molecule has 0 saturated carbocycles. The molecule has 0 saturated heterocycles. The van der Waals surface area contributed by atoms with Gasteiger partial charge in [-0.05, 0) is 18.6 Å². The fourth-order valence-corrected chi connectivity index (χ4v) is 1.36. The predicted molar refractivity (Wildman–Crippen MR) is 69.0 cm³/mol. The van der Waals surface area contributed by atoms with Gasteiger partial charge < -0.3 is 10.8 Å². The summed E-state index contributed by atoms with van der Waals surface area (Å²) >= 11 is 0. The molecule has 16 heavy (non-hydrogen) atoms. The van der Waals surface area contributed by atoms with E-state index in [0.29, 0.717) is 12.1 Å². The second-order valence-electron chi connectivity index (χ2n) is 3.56. The fourth-order valence-electron chi connectivity index (χ4n) is 1.36. The molecule has 2 heteroatoms. The van der Waals surface area contributed by atoms with Gasteiger partial charge in [0.05, 0.1) is 0 Å². The Bertz CT molecular complexity index is 416. The molecule has 2 nitrogen and oxygen atoms in total. The largest absolute Gasteiger partial charge is 0.507 e. The Kier molecular flexibility index (Phi) is 4.55. The highest BCUT2D eigenvalue weighted by Crippen LogP contribution is 2.19. The average molecular weight is 215 g/mol. The Hall–Kier alpha value is -1.80. The van der Waals surface area contributed by atoms with E-state index in [2.05, 4.69) is 6.58 Å². The lowest BCUT2D eigenvalue weighted by Crippen LogP contribution is -2.00. The number of hydrogen-bond donors (Lipinski definition) is 2. The van der Waals surface area contributed by atoms with Crippen molar-refractivity contribution >= 4 is 5.57 Å². The topological polar surface area (TPSA) is 46.2 Å². The van der Waals surface area contributed by atoms with E-state index in [1.807, 2.05) is 37.3 Å². The van der Waals surface area contributed by atoms with E-state index in [1.54, 1.807) is 12.2 Å². The zero-order valence-corrected chi connectivity index (χ0v) is 9.48. The zero-order chi connectivity index (χ0) is 12.0. The van der Waals surface area contributed by atoms with Gasteiger partial charge in [-0.3, -0.25) is 0 Å². The third kappa shape index (κ3) is 3.11. The molecule has 0 aromatic heterocycles. The van der Waals surface area contributed by atoms with Crippen LogP contribution in [0.15, 0.2) is 60.4 Å². The maximum atomic E-state index is 9.94. The highest BCUT2D eigenvalue weighted by Gasteiger charge is 2.02. The number of aliphatic hydroxyl groups is 1. The number of nitrogens with two attached hydrogens (primary N) is 1. The van der Waals surface area contributed by atoms with Crippen molar-refractivity contribution in [1.82, 2.24) is 0 Å². The summed E-state index contributed by atoms with van der Waals surface area (Å²) in [7, 11) is 0. The summed E-state index contributed by atoms with van der Waals surface area (Å²) in [5.41, 5.74) is 8.05. The molecule has 0 bridgehead atoms. The van der Waals surface area contributed by atoms with Gasteiger partial charge in [-0.2, -0.15) is 0 Å². The van der Waals surface area contributed by atoms with Gasteiger partial charge in [0, 0.05) is 12.1 Å². The maximum Gasteiger partial charge on any atom is 0.123 e. The molecule has 0 aliphatic carbocycles. The fraction of sp³-hybridized carbons (Fsp3) is 0.143. The molecule has 0 heterocycles. The number of hydrogen-bond acceptors (Lipinski definition) is 2. The Morgan fingerprint density at radius 3 is 2.50 bits per heavy atom. The maximum absolute atomic E-state index is 9.94. The molecule has 0 radical (unpaired) electrons. The lowest BCUT2D eigenvalue weighted by molar-refractivity contribution is 0.435. The molecule has 0 fully saturated rings. The van der Waals surface area contributed by atoms with Crippen LogP contribution < -0.4 is 5.73 Å². The van der Waals surface area contributed by atoms with Gasteiger partial charge in [0.2, 0.25) is 0 Å². The highest BCUT2D eigenvalue weighted by atomic mass is 16.3. The monoisotopic (exact) mass is 215 g/mol. The van der Waals surface area contributed by atoms with Gasteiger partial charge in [0.25, 0.3) is 0 Å². The van der Waals surface area contributed by atoms with Crippen LogP contribution >= 0.6 is 0 Å². The molecule has 1 aromatic rings. The van der Waals surface area contributed by atoms with E-state index in [0.717, 1.165) is 11.1 Å². The lowest BCUT2D eigenvalue weighted by atomic mass is 10.0. The third-order valence-corrected chi connectivity index (χ3v) is 2.27. The molecule has 3 N–H and O–H groups in total. The lowest BCUT2D eigenvalue weighted by Gasteiger charge is -2.05. The van der Waals surface area contributed by atoms with Crippen LogP contribution in [0.1, 0.15) is 12.5 Å². The van der Waals surface area contributed by atoms with Crippen molar-refractivity contribution in [2.75, 3.05) is 6.54 Å². The second kappa shape index (κ2) is 5.93. The van der Waals surface area contributed by atoms with Crippen LogP contribution in [0.25, 0.3) is 5.57 Å². The summed E-state index contributed by atoms with van der Waals surface area (Å²) < 4.78 is 0. The molecule has 0 amide bonds. The van der Waals surface area contributed by atoms with Crippen molar-refractivity contribution in [3.63, 3.8) is 0 Å². The molecule has 0 aliphatic heterocycles. The first-order chi connectivity index (χ1) is 7.69. The molecule has 84 valence electrons. The van der Waals surface area contributed by atoms with E-state index in [-0.39, 0.29) is 5.76 Å². The van der Waals surface area contributed by atoms with Gasteiger partial charge in [-0.1, -0.05) is 48.6 Å². The van der Waals surface area contributed by atoms with E-state index < -0.39 is 0 Å². The first kappa shape index (κ1) is 12.3. The average Bonchev–Trinajstić information content (AvgIpc) is 2.31. The summed E-state index contributed by atoms with van der Waals surface area (Å²) in [6.07, 6.45) is 3.31. The van der Waals surface area contributed by atoms with Crippen LogP contribution in [0.4, 0.5) is 0 Å². The van der Waals surface area contributed by atoms with Crippen molar-refractivity contribution in [3.8, 4) is 0 Å². The minimum atomic E-state index is 0.198. The quantitative estimate of drug-likeness (QED) is 0.599. The second-order valence-corrected chi connectivity index (χ2v) is 3.56. The van der Waals surface area contributed by atoms with Crippen LogP contribution in [0.2, 0.25) is 0 Å². The third-order valence-electron chi connectivity index (χ3n) is 2.27. The molecule has 0 atom stereocenters. The van der Waals surface area contributed by atoms with E-state index in [1.165, 1.54) is 0 Å². The molecule has 0 aliphatic rings. The first-order valence-electron chi connectivity index (χ1n) is 5.17. The summed E-state index contributed by atoms with van der Waals surface area (Å²) in [6, 6.07) is 9.64. The molecule has 1 aromatic carbocycles. The van der Waals surface area contributed by atoms with Crippen molar-refractivity contribution in [2.45, 2.75) is 6.92 Å². The van der Waals surface area contributed by atoms with Gasteiger partial charge >= 0.3 is 0 Å². The standard InChI is InChI=1S/C14H17NO/c1-3-13(12-7-5-4-6-8-12)14(16)9-11(2)10-15/h3-9,16H,1,10,15H2,2H3/b11-9+,14-13-. The molecule has 0 unspecified atom stereocenters. The number of allylic oxidation sites excluding steroid dienone is 3. The minimum absolute atomic E-state index is 0.198. The Morgan fingerprint density at radius 1 is 1.38 bits per heavy atom. The van der Waals surface area contributed by atoms with Crippen LogP contribution in [0.5, 0.6) is 0 Å². The summed E-state index contributed by atoms with van der Waals surface area (Å²) in [6.45, 7) is 6.02. The van der Waals surface area contributed by atoms with Gasteiger partial charge in [0.15, 0.2) is 0 Å². The van der Waals surface area contributed by atoms with Gasteiger partial charge in [0.1, 0.15) is 5.76 Å². The number of rotatable bonds is 4. The van der Waals surface area contributed by atoms with E-state index in [4.69, 9.17) is 5.73 Å². The zero-order valence-electron chi connectivity index (χ0n) is 9.48. The van der Waals surface area contributed by atoms with E-state index in [9.17, 15) is 5.11 Å². The molecule has 1 rings (SSSR count). The highest BCUT2D eigenvalue weighted by molar-refractivity contribution is 5.76. The van der Waals surface area contributed by atoms with Gasteiger partial charge in [-0.15, -0.1) is 0 Å². The smallest absolute Gasteiger partial charge is 0.123 e. The predicted octanol–water partition coefficient (Wildman–Crippen LogP) is 3.05. The SMILES string of the molecule is C=C/C(=C(O)\C=C(/C)CN)c1ccccc1. The number of aliphatic hydroxyl groups excluding tert-OH is 1. The Balaban J connectivity index is 3.16. The number of benzene rings is 1. The Morgan fingerprint density at radius 2 is 2.00 bits per heavy atom. The first-order valence-corrected chi connectivity index (χ1v) is 5.17. The molecular weight excluding hydrogens is 198 g/mol. The van der Waals surface area contributed by atoms with Crippen molar-refractivity contribution < 1.29 is 5.11 Å². The Labute approximate surface area is 96.4 Å². The molecule has 0 spiro atoms. The van der Waals surface area contributed by atoms with Crippen LogP contribution in [-0.4, -0.2) is 11.7 Å². The summed E-state index contributed by atoms with van der Waals surface area (Å²) in [4.78, 5) is 0. The van der Waals surface area contributed by atoms with Crippen molar-refractivity contribution in [1.29, 1.82) is 0 Å². The van der Waals surface area contributed by atoms with Gasteiger partial charge in [-0.25, -0.2) is 0 Å². The summed E-state index contributed by atoms with van der Waals surface area (Å²) in [5.74, 6) is 0.198. The van der Waals surface area contributed by atoms with E-state index >= 15 is 0 Å². The minimum Gasteiger partial charge on any atom is -0.507 e. The van der Waals surface area contributed by atoms with Crippen molar-refractivity contribution in [3.05, 3.63) is 66.0 Å². The van der Waals surface area contributed by atoms with Crippen LogP contribution in [0.3, 0.4) is 0 Å².